The summed E-state index contributed by atoms with van der Waals surface area (Å²) in [5, 5.41) is 0. The molecule has 1 atom stereocenters. The molecule has 15 heavy (non-hydrogen) atoms. The van der Waals surface area contributed by atoms with Gasteiger partial charge in [-0.3, -0.25) is 4.79 Å². The van der Waals surface area contributed by atoms with Crippen LogP contribution in [0.3, 0.4) is 0 Å². The fourth-order valence-corrected chi connectivity index (χ4v) is 1.78. The van der Waals surface area contributed by atoms with Crippen LogP contribution in [-0.4, -0.2) is 17.4 Å². The molecule has 0 saturated heterocycles. The Hall–Kier alpha value is -1.31. The number of carbonyl (C=O) groups excluding carboxylic acids is 1. The van der Waals surface area contributed by atoms with E-state index in [-0.39, 0.29) is 11.9 Å². The number of nitrogens with zero attached hydrogens (tertiary/aromatic N) is 1. The minimum absolute atomic E-state index is 0.146. The van der Waals surface area contributed by atoms with E-state index in [9.17, 15) is 4.79 Å². The van der Waals surface area contributed by atoms with Gasteiger partial charge >= 0.3 is 0 Å². The molecule has 0 spiro atoms. The zero-order chi connectivity index (χ0) is 11.3. The van der Waals surface area contributed by atoms with Crippen molar-refractivity contribution in [1.82, 2.24) is 4.90 Å². The molecular weight excluding hydrogens is 186 g/mol. The van der Waals surface area contributed by atoms with Crippen LogP contribution in [0.1, 0.15) is 38.8 Å². The molecular formula is C13H19NO. The lowest BCUT2D eigenvalue weighted by atomic mass is 10.1. The molecule has 1 rings (SSSR count). The fraction of sp³-hybridized carbons (Fsp3) is 0.462. The van der Waals surface area contributed by atoms with Crippen molar-refractivity contribution in [2.75, 3.05) is 6.54 Å². The Labute approximate surface area is 91.9 Å². The Morgan fingerprint density at radius 1 is 1.33 bits per heavy atom. The molecule has 1 unspecified atom stereocenters. The van der Waals surface area contributed by atoms with E-state index in [1.165, 1.54) is 5.56 Å². The Morgan fingerprint density at radius 3 is 2.40 bits per heavy atom. The number of rotatable bonds is 4. The summed E-state index contributed by atoms with van der Waals surface area (Å²) in [4.78, 5) is 13.4. The van der Waals surface area contributed by atoms with E-state index in [1.807, 2.05) is 23.1 Å². The minimum atomic E-state index is 0.146. The highest BCUT2D eigenvalue weighted by Crippen LogP contribution is 2.19. The van der Waals surface area contributed by atoms with Gasteiger partial charge in [-0.25, -0.2) is 0 Å². The van der Waals surface area contributed by atoms with Crippen molar-refractivity contribution in [2.45, 2.75) is 33.2 Å². The Bertz CT molecular complexity index is 308. The summed E-state index contributed by atoms with van der Waals surface area (Å²) in [7, 11) is 0. The predicted octanol–water partition coefficient (Wildman–Crippen LogP) is 3.01. The summed E-state index contributed by atoms with van der Waals surface area (Å²) < 4.78 is 0. The predicted molar refractivity (Wildman–Crippen MR) is 62.5 cm³/mol. The number of hydrogen-bond acceptors (Lipinski definition) is 1. The molecule has 2 nitrogen and oxygen atoms in total. The van der Waals surface area contributed by atoms with Crippen LogP contribution in [0.25, 0.3) is 0 Å². The highest BCUT2D eigenvalue weighted by Gasteiger charge is 2.16. The van der Waals surface area contributed by atoms with Crippen LogP contribution < -0.4 is 0 Å². The third kappa shape index (κ3) is 3.08. The van der Waals surface area contributed by atoms with Crippen molar-refractivity contribution < 1.29 is 4.79 Å². The van der Waals surface area contributed by atoms with Crippen molar-refractivity contribution in [3.8, 4) is 0 Å². The van der Waals surface area contributed by atoms with Gasteiger partial charge in [-0.2, -0.15) is 0 Å². The average Bonchev–Trinajstić information content (AvgIpc) is 2.26. The third-order valence-corrected chi connectivity index (χ3v) is 2.62. The second-order valence-electron chi connectivity index (χ2n) is 3.80. The molecule has 0 aliphatic carbocycles. The molecule has 1 aromatic rings. The van der Waals surface area contributed by atoms with E-state index in [4.69, 9.17) is 0 Å². The molecule has 82 valence electrons. The average molecular weight is 205 g/mol. The summed E-state index contributed by atoms with van der Waals surface area (Å²) in [6, 6.07) is 10.3. The summed E-state index contributed by atoms with van der Waals surface area (Å²) >= 11 is 0. The Morgan fingerprint density at radius 2 is 1.93 bits per heavy atom. The fourth-order valence-electron chi connectivity index (χ4n) is 1.78. The first kappa shape index (κ1) is 11.8. The van der Waals surface area contributed by atoms with Gasteiger partial charge in [0.05, 0.1) is 6.04 Å². The van der Waals surface area contributed by atoms with E-state index in [0.717, 1.165) is 13.0 Å². The summed E-state index contributed by atoms with van der Waals surface area (Å²) in [6.07, 6.45) is 0.997. The van der Waals surface area contributed by atoms with Gasteiger partial charge in [0.1, 0.15) is 0 Å². The van der Waals surface area contributed by atoms with Crippen molar-refractivity contribution in [1.29, 1.82) is 0 Å². The molecule has 0 heterocycles. The van der Waals surface area contributed by atoms with Gasteiger partial charge in [-0.15, -0.1) is 0 Å². The van der Waals surface area contributed by atoms with Gasteiger partial charge < -0.3 is 4.90 Å². The van der Waals surface area contributed by atoms with Crippen LogP contribution in [0, 0.1) is 0 Å². The molecule has 0 N–H and O–H groups in total. The molecule has 2 heteroatoms. The van der Waals surface area contributed by atoms with Crippen LogP contribution in [0.15, 0.2) is 30.3 Å². The van der Waals surface area contributed by atoms with Gasteiger partial charge in [0.25, 0.3) is 0 Å². The van der Waals surface area contributed by atoms with Crippen molar-refractivity contribution >= 4 is 5.91 Å². The Balaban J connectivity index is 2.81. The molecule has 0 aliphatic heterocycles. The number of amides is 1. The Kier molecular flexibility index (Phi) is 4.35. The van der Waals surface area contributed by atoms with Crippen LogP contribution in [0.2, 0.25) is 0 Å². The smallest absolute Gasteiger partial charge is 0.219 e. The first-order chi connectivity index (χ1) is 7.16. The topological polar surface area (TPSA) is 20.3 Å². The van der Waals surface area contributed by atoms with Crippen molar-refractivity contribution in [2.24, 2.45) is 0 Å². The van der Waals surface area contributed by atoms with Gasteiger partial charge in [0.15, 0.2) is 0 Å². The van der Waals surface area contributed by atoms with E-state index in [0.29, 0.717) is 0 Å². The molecule has 1 aromatic carbocycles. The van der Waals surface area contributed by atoms with Gasteiger partial charge in [0.2, 0.25) is 5.91 Å². The summed E-state index contributed by atoms with van der Waals surface area (Å²) in [5.74, 6) is 0.146. The molecule has 0 fully saturated rings. The highest BCUT2D eigenvalue weighted by molar-refractivity contribution is 5.73. The van der Waals surface area contributed by atoms with E-state index < -0.39 is 0 Å². The second kappa shape index (κ2) is 5.54. The normalized spacial score (nSPS) is 12.2. The van der Waals surface area contributed by atoms with Crippen LogP contribution in [0.5, 0.6) is 0 Å². The second-order valence-corrected chi connectivity index (χ2v) is 3.80. The molecule has 0 aliphatic rings. The maximum atomic E-state index is 11.5. The van der Waals surface area contributed by atoms with E-state index >= 15 is 0 Å². The largest absolute Gasteiger partial charge is 0.336 e. The highest BCUT2D eigenvalue weighted by atomic mass is 16.2. The van der Waals surface area contributed by atoms with Crippen LogP contribution >= 0.6 is 0 Å². The number of benzene rings is 1. The van der Waals surface area contributed by atoms with Crippen LogP contribution in [0.4, 0.5) is 0 Å². The zero-order valence-electron chi connectivity index (χ0n) is 9.73. The number of carbonyl (C=O) groups is 1. The maximum Gasteiger partial charge on any atom is 0.219 e. The number of hydrogen-bond donors (Lipinski definition) is 0. The quantitative estimate of drug-likeness (QED) is 0.740. The van der Waals surface area contributed by atoms with Gasteiger partial charge in [-0.05, 0) is 18.9 Å². The van der Waals surface area contributed by atoms with Crippen LogP contribution in [-0.2, 0) is 4.79 Å². The maximum absolute atomic E-state index is 11.5. The SMILES string of the molecule is CCCN(C(C)=O)C(C)c1ccccc1. The lowest BCUT2D eigenvalue weighted by Gasteiger charge is -2.28. The monoisotopic (exact) mass is 205 g/mol. The van der Waals surface area contributed by atoms with E-state index in [2.05, 4.69) is 26.0 Å². The molecule has 1 amide bonds. The van der Waals surface area contributed by atoms with Crippen molar-refractivity contribution in [3.63, 3.8) is 0 Å². The first-order valence-electron chi connectivity index (χ1n) is 5.49. The molecule has 0 radical (unpaired) electrons. The van der Waals surface area contributed by atoms with Crippen molar-refractivity contribution in [3.05, 3.63) is 35.9 Å². The zero-order valence-corrected chi connectivity index (χ0v) is 9.73. The third-order valence-electron chi connectivity index (χ3n) is 2.62. The first-order valence-corrected chi connectivity index (χ1v) is 5.49. The standard InChI is InChI=1S/C13H19NO/c1-4-10-14(12(3)15)11(2)13-8-6-5-7-9-13/h5-9,11H,4,10H2,1-3H3. The molecule has 0 bridgehead atoms. The van der Waals surface area contributed by atoms with E-state index in [1.54, 1.807) is 6.92 Å². The summed E-state index contributed by atoms with van der Waals surface area (Å²) in [5.41, 5.74) is 1.20. The lowest BCUT2D eigenvalue weighted by Crippen LogP contribution is -2.32. The molecule has 0 aromatic heterocycles. The van der Waals surface area contributed by atoms with Gasteiger partial charge in [0, 0.05) is 13.5 Å². The minimum Gasteiger partial charge on any atom is -0.336 e. The van der Waals surface area contributed by atoms with Gasteiger partial charge in [-0.1, -0.05) is 37.3 Å². The summed E-state index contributed by atoms with van der Waals surface area (Å²) in [6.45, 7) is 6.63. The lowest BCUT2D eigenvalue weighted by molar-refractivity contribution is -0.131. The molecule has 0 saturated carbocycles.